The first-order valence-electron chi connectivity index (χ1n) is 5.17. The van der Waals surface area contributed by atoms with Crippen LogP contribution in [0.3, 0.4) is 0 Å². The summed E-state index contributed by atoms with van der Waals surface area (Å²) >= 11 is 0. The summed E-state index contributed by atoms with van der Waals surface area (Å²) in [5, 5.41) is 3.59. The predicted molar refractivity (Wildman–Crippen MR) is 54.3 cm³/mol. The SMILES string of the molecule is C=C(C)CCNC1CCCCC1. The Kier molecular flexibility index (Phi) is 4.37. The first-order chi connectivity index (χ1) is 5.79. The number of hydrogen-bond donors (Lipinski definition) is 1. The first kappa shape index (κ1) is 9.79. The van der Waals surface area contributed by atoms with Crippen molar-refractivity contribution < 1.29 is 0 Å². The molecule has 1 rings (SSSR count). The summed E-state index contributed by atoms with van der Waals surface area (Å²) in [6, 6.07) is 0.804. The van der Waals surface area contributed by atoms with Gasteiger partial charge in [0.15, 0.2) is 0 Å². The molecular formula is C11H21N. The van der Waals surface area contributed by atoms with Gasteiger partial charge in [-0.1, -0.05) is 24.8 Å². The van der Waals surface area contributed by atoms with Crippen molar-refractivity contribution in [1.29, 1.82) is 0 Å². The molecule has 0 spiro atoms. The van der Waals surface area contributed by atoms with Crippen LogP contribution in [-0.2, 0) is 0 Å². The molecule has 0 saturated heterocycles. The van der Waals surface area contributed by atoms with Crippen LogP contribution in [0.5, 0.6) is 0 Å². The van der Waals surface area contributed by atoms with E-state index in [0.717, 1.165) is 19.0 Å². The molecule has 1 saturated carbocycles. The lowest BCUT2D eigenvalue weighted by Crippen LogP contribution is -2.31. The minimum absolute atomic E-state index is 0.804. The van der Waals surface area contributed by atoms with Crippen LogP contribution in [0.1, 0.15) is 45.4 Å². The van der Waals surface area contributed by atoms with Crippen molar-refractivity contribution in [2.45, 2.75) is 51.5 Å². The quantitative estimate of drug-likeness (QED) is 0.635. The molecule has 0 amide bonds. The van der Waals surface area contributed by atoms with E-state index in [2.05, 4.69) is 18.8 Å². The standard InChI is InChI=1S/C11H21N/c1-10(2)8-9-12-11-6-4-3-5-7-11/h11-12H,1,3-9H2,2H3. The van der Waals surface area contributed by atoms with Gasteiger partial charge in [-0.05, 0) is 32.7 Å². The highest BCUT2D eigenvalue weighted by Crippen LogP contribution is 2.17. The minimum Gasteiger partial charge on any atom is -0.314 e. The molecule has 0 aromatic rings. The van der Waals surface area contributed by atoms with E-state index in [-0.39, 0.29) is 0 Å². The Balaban J connectivity index is 2.01. The monoisotopic (exact) mass is 167 g/mol. The minimum atomic E-state index is 0.804. The summed E-state index contributed by atoms with van der Waals surface area (Å²) in [4.78, 5) is 0. The van der Waals surface area contributed by atoms with E-state index in [1.807, 2.05) is 0 Å². The average molecular weight is 167 g/mol. The number of nitrogens with one attached hydrogen (secondary N) is 1. The summed E-state index contributed by atoms with van der Waals surface area (Å²) in [7, 11) is 0. The second kappa shape index (κ2) is 5.36. The van der Waals surface area contributed by atoms with E-state index in [1.165, 1.54) is 37.7 Å². The van der Waals surface area contributed by atoms with Gasteiger partial charge in [-0.3, -0.25) is 0 Å². The Labute approximate surface area is 76.2 Å². The molecule has 0 atom stereocenters. The summed E-state index contributed by atoms with van der Waals surface area (Å²) in [5.41, 5.74) is 1.29. The molecule has 1 heteroatoms. The van der Waals surface area contributed by atoms with Gasteiger partial charge < -0.3 is 5.32 Å². The van der Waals surface area contributed by atoms with Crippen LogP contribution in [0, 0.1) is 0 Å². The highest BCUT2D eigenvalue weighted by atomic mass is 14.9. The number of rotatable bonds is 4. The molecule has 12 heavy (non-hydrogen) atoms. The highest BCUT2D eigenvalue weighted by Gasteiger charge is 2.11. The zero-order valence-electron chi connectivity index (χ0n) is 8.23. The molecule has 70 valence electrons. The Bertz CT molecular complexity index is 134. The number of hydrogen-bond acceptors (Lipinski definition) is 1. The van der Waals surface area contributed by atoms with E-state index in [9.17, 15) is 0 Å². The maximum atomic E-state index is 3.90. The Morgan fingerprint density at radius 1 is 1.33 bits per heavy atom. The van der Waals surface area contributed by atoms with Gasteiger partial charge >= 0.3 is 0 Å². The van der Waals surface area contributed by atoms with E-state index < -0.39 is 0 Å². The van der Waals surface area contributed by atoms with Gasteiger partial charge in [-0.15, -0.1) is 6.58 Å². The maximum absolute atomic E-state index is 3.90. The van der Waals surface area contributed by atoms with E-state index >= 15 is 0 Å². The predicted octanol–water partition coefficient (Wildman–Crippen LogP) is 2.87. The Morgan fingerprint density at radius 3 is 2.58 bits per heavy atom. The fourth-order valence-corrected chi connectivity index (χ4v) is 1.80. The van der Waals surface area contributed by atoms with E-state index in [4.69, 9.17) is 0 Å². The molecule has 0 radical (unpaired) electrons. The van der Waals surface area contributed by atoms with E-state index in [1.54, 1.807) is 0 Å². The van der Waals surface area contributed by atoms with Gasteiger partial charge in [0.2, 0.25) is 0 Å². The zero-order chi connectivity index (χ0) is 8.81. The van der Waals surface area contributed by atoms with Gasteiger partial charge in [0.1, 0.15) is 0 Å². The van der Waals surface area contributed by atoms with Crippen LogP contribution in [0.4, 0.5) is 0 Å². The van der Waals surface area contributed by atoms with Crippen LogP contribution < -0.4 is 5.32 Å². The summed E-state index contributed by atoms with van der Waals surface area (Å²) in [6.07, 6.45) is 8.19. The fourth-order valence-electron chi connectivity index (χ4n) is 1.80. The molecule has 0 aliphatic heterocycles. The molecule has 1 aliphatic rings. The summed E-state index contributed by atoms with van der Waals surface area (Å²) < 4.78 is 0. The lowest BCUT2D eigenvalue weighted by atomic mass is 9.95. The van der Waals surface area contributed by atoms with Gasteiger partial charge in [0.25, 0.3) is 0 Å². The van der Waals surface area contributed by atoms with Crippen LogP contribution >= 0.6 is 0 Å². The third-order valence-electron chi connectivity index (χ3n) is 2.59. The van der Waals surface area contributed by atoms with Crippen molar-refractivity contribution in [2.24, 2.45) is 0 Å². The third-order valence-corrected chi connectivity index (χ3v) is 2.59. The van der Waals surface area contributed by atoms with Crippen LogP contribution in [0.15, 0.2) is 12.2 Å². The fraction of sp³-hybridized carbons (Fsp3) is 0.818. The molecule has 1 fully saturated rings. The maximum Gasteiger partial charge on any atom is 0.00671 e. The molecule has 0 heterocycles. The molecular weight excluding hydrogens is 146 g/mol. The molecule has 1 aliphatic carbocycles. The Morgan fingerprint density at radius 2 is 2.00 bits per heavy atom. The van der Waals surface area contributed by atoms with Crippen LogP contribution in [0.2, 0.25) is 0 Å². The second-order valence-corrected chi connectivity index (χ2v) is 4.00. The first-order valence-corrected chi connectivity index (χ1v) is 5.17. The molecule has 0 bridgehead atoms. The highest BCUT2D eigenvalue weighted by molar-refractivity contribution is 4.88. The lowest BCUT2D eigenvalue weighted by Gasteiger charge is -2.22. The van der Waals surface area contributed by atoms with Gasteiger partial charge in [-0.2, -0.15) is 0 Å². The van der Waals surface area contributed by atoms with Crippen LogP contribution in [0.25, 0.3) is 0 Å². The van der Waals surface area contributed by atoms with Crippen molar-refractivity contribution in [3.63, 3.8) is 0 Å². The van der Waals surface area contributed by atoms with Gasteiger partial charge in [-0.25, -0.2) is 0 Å². The third kappa shape index (κ3) is 3.91. The molecule has 0 aromatic carbocycles. The average Bonchev–Trinajstić information content (AvgIpc) is 2.05. The molecule has 0 unspecified atom stereocenters. The van der Waals surface area contributed by atoms with Crippen molar-refractivity contribution in [1.82, 2.24) is 5.32 Å². The zero-order valence-corrected chi connectivity index (χ0v) is 8.23. The van der Waals surface area contributed by atoms with Crippen molar-refractivity contribution >= 4 is 0 Å². The van der Waals surface area contributed by atoms with Gasteiger partial charge in [0, 0.05) is 6.04 Å². The Hall–Kier alpha value is -0.300. The lowest BCUT2D eigenvalue weighted by molar-refractivity contribution is 0.375. The topological polar surface area (TPSA) is 12.0 Å². The molecule has 1 N–H and O–H groups in total. The smallest absolute Gasteiger partial charge is 0.00671 e. The molecule has 0 aromatic heterocycles. The van der Waals surface area contributed by atoms with Crippen molar-refractivity contribution in [2.75, 3.05) is 6.54 Å². The normalized spacial score (nSPS) is 19.4. The largest absolute Gasteiger partial charge is 0.314 e. The molecule has 1 nitrogen and oxygen atoms in total. The summed E-state index contributed by atoms with van der Waals surface area (Å²) in [5.74, 6) is 0. The second-order valence-electron chi connectivity index (χ2n) is 4.00. The van der Waals surface area contributed by atoms with Crippen molar-refractivity contribution in [3.8, 4) is 0 Å². The van der Waals surface area contributed by atoms with Crippen molar-refractivity contribution in [3.05, 3.63) is 12.2 Å². The summed E-state index contributed by atoms with van der Waals surface area (Å²) in [6.45, 7) is 7.12. The van der Waals surface area contributed by atoms with Gasteiger partial charge in [0.05, 0.1) is 0 Å². The van der Waals surface area contributed by atoms with E-state index in [0.29, 0.717) is 0 Å². The van der Waals surface area contributed by atoms with Crippen LogP contribution in [-0.4, -0.2) is 12.6 Å².